The highest BCUT2D eigenvalue weighted by Gasteiger charge is 2.15. The lowest BCUT2D eigenvalue weighted by atomic mass is 10.2. The number of pyridine rings is 2. The smallest absolute Gasteiger partial charge is 0.312 e. The van der Waals surface area contributed by atoms with Crippen LogP contribution in [0, 0.1) is 10.1 Å². The summed E-state index contributed by atoms with van der Waals surface area (Å²) in [4.78, 5) is 18.2. The number of rotatable bonds is 5. The van der Waals surface area contributed by atoms with Crippen LogP contribution in [0.3, 0.4) is 0 Å². The molecular formula is C12H11ClN4O2. The van der Waals surface area contributed by atoms with Gasteiger partial charge in [-0.1, -0.05) is 11.6 Å². The maximum absolute atomic E-state index is 10.9. The molecule has 0 aliphatic rings. The van der Waals surface area contributed by atoms with E-state index in [0.29, 0.717) is 6.54 Å². The molecule has 0 atom stereocenters. The minimum absolute atomic E-state index is 0.123. The molecule has 0 aromatic carbocycles. The van der Waals surface area contributed by atoms with Crippen molar-refractivity contribution in [3.05, 3.63) is 57.5 Å². The Labute approximate surface area is 114 Å². The highest BCUT2D eigenvalue weighted by Crippen LogP contribution is 2.24. The van der Waals surface area contributed by atoms with Gasteiger partial charge < -0.3 is 5.32 Å². The van der Waals surface area contributed by atoms with Crippen LogP contribution in [0.15, 0.2) is 36.8 Å². The molecule has 0 aliphatic carbocycles. The monoisotopic (exact) mass is 278 g/mol. The molecule has 0 radical (unpaired) electrons. The van der Waals surface area contributed by atoms with Crippen molar-refractivity contribution in [3.63, 3.8) is 0 Å². The van der Waals surface area contributed by atoms with Gasteiger partial charge in [0.25, 0.3) is 0 Å². The maximum Gasteiger partial charge on any atom is 0.312 e. The first-order valence-electron chi connectivity index (χ1n) is 5.59. The fourth-order valence-electron chi connectivity index (χ4n) is 1.58. The van der Waals surface area contributed by atoms with Crippen LogP contribution in [-0.4, -0.2) is 21.4 Å². The summed E-state index contributed by atoms with van der Waals surface area (Å²) in [5.74, 6) is 0.225. The Morgan fingerprint density at radius 1 is 1.37 bits per heavy atom. The molecule has 6 nitrogen and oxygen atoms in total. The fourth-order valence-corrected chi connectivity index (χ4v) is 1.73. The first-order valence-corrected chi connectivity index (χ1v) is 5.97. The van der Waals surface area contributed by atoms with Crippen LogP contribution in [0.1, 0.15) is 5.56 Å². The van der Waals surface area contributed by atoms with Crippen molar-refractivity contribution in [1.82, 2.24) is 9.97 Å². The molecule has 2 rings (SSSR count). The first-order chi connectivity index (χ1) is 9.16. The Bertz CT molecular complexity index is 577. The molecule has 2 aromatic rings. The molecule has 0 fully saturated rings. The Morgan fingerprint density at radius 2 is 2.11 bits per heavy atom. The number of nitrogens with one attached hydrogen (secondary N) is 1. The van der Waals surface area contributed by atoms with E-state index in [1.807, 2.05) is 12.1 Å². The molecule has 0 saturated carbocycles. The summed E-state index contributed by atoms with van der Waals surface area (Å²) in [6.45, 7) is 0.541. The number of nitrogens with zero attached hydrogens (tertiary/aromatic N) is 3. The highest BCUT2D eigenvalue weighted by molar-refractivity contribution is 6.30. The van der Waals surface area contributed by atoms with Crippen LogP contribution >= 0.6 is 11.6 Å². The lowest BCUT2D eigenvalue weighted by Crippen LogP contribution is -2.08. The molecule has 2 heterocycles. The largest absolute Gasteiger partial charge is 0.364 e. The second-order valence-corrected chi connectivity index (χ2v) is 4.25. The lowest BCUT2D eigenvalue weighted by Gasteiger charge is -2.06. The number of hydrogen-bond acceptors (Lipinski definition) is 5. The first kappa shape index (κ1) is 13.2. The van der Waals surface area contributed by atoms with Crippen LogP contribution in [0.2, 0.25) is 5.02 Å². The second kappa shape index (κ2) is 6.10. The summed E-state index contributed by atoms with van der Waals surface area (Å²) in [6.07, 6.45) is 5.52. The van der Waals surface area contributed by atoms with Gasteiger partial charge in [-0.25, -0.2) is 4.98 Å². The normalized spacial score (nSPS) is 10.2. The third-order valence-electron chi connectivity index (χ3n) is 2.49. The molecule has 0 amide bonds. The minimum Gasteiger partial charge on any atom is -0.364 e. The third kappa shape index (κ3) is 3.62. The van der Waals surface area contributed by atoms with Gasteiger partial charge in [0, 0.05) is 31.2 Å². The van der Waals surface area contributed by atoms with Crippen molar-refractivity contribution in [2.24, 2.45) is 0 Å². The number of aromatic nitrogens is 2. The van der Waals surface area contributed by atoms with Crippen LogP contribution in [0.5, 0.6) is 0 Å². The van der Waals surface area contributed by atoms with E-state index in [9.17, 15) is 10.1 Å². The molecule has 0 unspecified atom stereocenters. The Morgan fingerprint density at radius 3 is 2.79 bits per heavy atom. The number of anilines is 1. The predicted molar refractivity (Wildman–Crippen MR) is 72.3 cm³/mol. The SMILES string of the molecule is O=[N+]([O-])c1cc(Cl)cnc1NCCc1ccncc1. The van der Waals surface area contributed by atoms with Crippen LogP contribution in [0.4, 0.5) is 11.5 Å². The zero-order valence-corrected chi connectivity index (χ0v) is 10.7. The molecular weight excluding hydrogens is 268 g/mol. The van der Waals surface area contributed by atoms with Crippen molar-refractivity contribution < 1.29 is 4.92 Å². The number of hydrogen-bond donors (Lipinski definition) is 1. The molecule has 0 spiro atoms. The Hall–Kier alpha value is -2.21. The third-order valence-corrected chi connectivity index (χ3v) is 2.69. The average molecular weight is 279 g/mol. The number of halogens is 1. The molecule has 0 aliphatic heterocycles. The van der Waals surface area contributed by atoms with Crippen LogP contribution in [0.25, 0.3) is 0 Å². The summed E-state index contributed by atoms with van der Waals surface area (Å²) in [7, 11) is 0. The molecule has 1 N–H and O–H groups in total. The van der Waals surface area contributed by atoms with E-state index in [4.69, 9.17) is 11.6 Å². The van der Waals surface area contributed by atoms with E-state index in [-0.39, 0.29) is 16.5 Å². The summed E-state index contributed by atoms with van der Waals surface area (Å²) >= 11 is 5.69. The molecule has 7 heteroatoms. The van der Waals surface area contributed by atoms with Gasteiger partial charge in [-0.2, -0.15) is 0 Å². The lowest BCUT2D eigenvalue weighted by molar-refractivity contribution is -0.384. The topological polar surface area (TPSA) is 81.0 Å². The Kier molecular flexibility index (Phi) is 4.25. The fraction of sp³-hybridized carbons (Fsp3) is 0.167. The standard InChI is InChI=1S/C12H11ClN4O2/c13-10-7-11(17(18)19)12(16-8-10)15-6-3-9-1-4-14-5-2-9/h1-2,4-5,7-8H,3,6H2,(H,15,16). The van der Waals surface area contributed by atoms with Crippen molar-refractivity contribution in [3.8, 4) is 0 Å². The van der Waals surface area contributed by atoms with E-state index in [1.54, 1.807) is 12.4 Å². The highest BCUT2D eigenvalue weighted by atomic mass is 35.5. The molecule has 2 aromatic heterocycles. The summed E-state index contributed by atoms with van der Waals surface area (Å²) in [5.41, 5.74) is 0.973. The summed E-state index contributed by atoms with van der Waals surface area (Å²) in [6, 6.07) is 5.07. The van der Waals surface area contributed by atoms with Gasteiger partial charge in [-0.3, -0.25) is 15.1 Å². The van der Waals surface area contributed by atoms with Crippen LogP contribution < -0.4 is 5.32 Å². The van der Waals surface area contributed by atoms with E-state index in [0.717, 1.165) is 12.0 Å². The molecule has 98 valence electrons. The zero-order chi connectivity index (χ0) is 13.7. The summed E-state index contributed by atoms with van der Waals surface area (Å²) < 4.78 is 0. The van der Waals surface area contributed by atoms with Gasteiger partial charge in [0.2, 0.25) is 5.82 Å². The van der Waals surface area contributed by atoms with Gasteiger partial charge in [0.15, 0.2) is 0 Å². The van der Waals surface area contributed by atoms with Gasteiger partial charge in [0.1, 0.15) is 0 Å². The minimum atomic E-state index is -0.506. The van der Waals surface area contributed by atoms with Gasteiger partial charge >= 0.3 is 5.69 Å². The Balaban J connectivity index is 2.02. The van der Waals surface area contributed by atoms with Gasteiger partial charge in [-0.15, -0.1) is 0 Å². The predicted octanol–water partition coefficient (Wildman–Crippen LogP) is 2.69. The summed E-state index contributed by atoms with van der Waals surface area (Å²) in [5, 5.41) is 14.0. The van der Waals surface area contributed by atoms with E-state index < -0.39 is 4.92 Å². The van der Waals surface area contributed by atoms with Crippen LogP contribution in [-0.2, 0) is 6.42 Å². The maximum atomic E-state index is 10.9. The average Bonchev–Trinajstić information content (AvgIpc) is 2.41. The molecule has 0 bridgehead atoms. The van der Waals surface area contributed by atoms with Crippen molar-refractivity contribution >= 4 is 23.1 Å². The second-order valence-electron chi connectivity index (χ2n) is 3.81. The molecule has 19 heavy (non-hydrogen) atoms. The van der Waals surface area contributed by atoms with E-state index in [1.165, 1.54) is 12.3 Å². The zero-order valence-electron chi connectivity index (χ0n) is 9.91. The van der Waals surface area contributed by atoms with Crippen molar-refractivity contribution in [1.29, 1.82) is 0 Å². The van der Waals surface area contributed by atoms with Gasteiger partial charge in [0.05, 0.1) is 9.95 Å². The van der Waals surface area contributed by atoms with E-state index >= 15 is 0 Å². The quantitative estimate of drug-likeness (QED) is 0.672. The van der Waals surface area contributed by atoms with Crippen molar-refractivity contribution in [2.45, 2.75) is 6.42 Å². The van der Waals surface area contributed by atoms with Gasteiger partial charge in [-0.05, 0) is 24.1 Å². The van der Waals surface area contributed by atoms with E-state index in [2.05, 4.69) is 15.3 Å². The number of nitro groups is 1. The molecule has 0 saturated heterocycles. The van der Waals surface area contributed by atoms with Crippen molar-refractivity contribution in [2.75, 3.05) is 11.9 Å².